The van der Waals surface area contributed by atoms with Crippen LogP contribution in [0.3, 0.4) is 0 Å². The van der Waals surface area contributed by atoms with Crippen molar-refractivity contribution >= 4 is 43.8 Å². The third-order valence-electron chi connectivity index (χ3n) is 4.84. The summed E-state index contributed by atoms with van der Waals surface area (Å²) in [4.78, 5) is 29.3. The van der Waals surface area contributed by atoms with E-state index in [4.69, 9.17) is 0 Å². The van der Waals surface area contributed by atoms with E-state index >= 15 is 0 Å². The second-order valence-electron chi connectivity index (χ2n) is 7.13. The summed E-state index contributed by atoms with van der Waals surface area (Å²) in [6.45, 7) is 2.16. The van der Waals surface area contributed by atoms with Gasteiger partial charge in [-0.25, -0.2) is 18.2 Å². The van der Waals surface area contributed by atoms with Gasteiger partial charge in [0.1, 0.15) is 9.96 Å². The molecule has 0 radical (unpaired) electrons. The van der Waals surface area contributed by atoms with Crippen LogP contribution in [0.15, 0.2) is 28.6 Å². The molecule has 10 heteroatoms. The lowest BCUT2D eigenvalue weighted by molar-refractivity contribution is -0.360. The average Bonchev–Trinajstić information content (AvgIpc) is 3.35. The molecule has 3 rings (SSSR count). The highest BCUT2D eigenvalue weighted by Crippen LogP contribution is 2.31. The van der Waals surface area contributed by atoms with E-state index in [1.165, 1.54) is 6.20 Å². The van der Waals surface area contributed by atoms with Gasteiger partial charge in [-0.1, -0.05) is 35.8 Å². The Morgan fingerprint density at radius 3 is 2.66 bits per heavy atom. The fourth-order valence-electron chi connectivity index (χ4n) is 3.38. The number of rotatable bonds is 7. The van der Waals surface area contributed by atoms with Crippen LogP contribution >= 0.6 is 11.3 Å². The minimum Gasteiger partial charge on any atom is -0.357 e. The third kappa shape index (κ3) is 5.20. The van der Waals surface area contributed by atoms with Gasteiger partial charge in [0, 0.05) is 11.5 Å². The van der Waals surface area contributed by atoms with E-state index in [1.807, 2.05) is 13.0 Å². The zero-order chi connectivity index (χ0) is 21.0. The van der Waals surface area contributed by atoms with Crippen LogP contribution in [-0.4, -0.2) is 37.5 Å². The normalized spacial score (nSPS) is 14.7. The molecular weight excluding hydrogens is 412 g/mol. The van der Waals surface area contributed by atoms with Crippen LogP contribution < -0.4 is 16.4 Å². The monoisotopic (exact) mass is 437 g/mol. The molecule has 0 aliphatic heterocycles. The summed E-state index contributed by atoms with van der Waals surface area (Å²) in [5.41, 5.74) is 5.44. The fraction of sp³-hybridized carbons (Fsp3) is 0.421. The van der Waals surface area contributed by atoms with E-state index in [2.05, 4.69) is 21.4 Å². The quantitative estimate of drug-likeness (QED) is 0.572. The SMILES string of the molecule is Cc1ccc(NC(=O)Nc2ncc(S(=O)(=O)CC[NH3+])s2)c(C(=O)C2CCCC2)c1. The van der Waals surface area contributed by atoms with Gasteiger partial charge in [-0.3, -0.25) is 10.1 Å². The number of nitrogens with zero attached hydrogens (tertiary/aromatic N) is 1. The van der Waals surface area contributed by atoms with Gasteiger partial charge in [0.15, 0.2) is 20.8 Å². The molecule has 1 aromatic heterocycles. The first-order valence-corrected chi connectivity index (χ1v) is 12.0. The Morgan fingerprint density at radius 1 is 1.24 bits per heavy atom. The Morgan fingerprint density at radius 2 is 1.97 bits per heavy atom. The highest BCUT2D eigenvalue weighted by Gasteiger charge is 2.26. The summed E-state index contributed by atoms with van der Waals surface area (Å²) in [5, 5.41) is 5.41. The predicted molar refractivity (Wildman–Crippen MR) is 112 cm³/mol. The van der Waals surface area contributed by atoms with E-state index in [-0.39, 0.29) is 33.3 Å². The number of quaternary nitrogens is 1. The lowest BCUT2D eigenvalue weighted by Crippen LogP contribution is -2.53. The molecule has 2 amide bonds. The van der Waals surface area contributed by atoms with Gasteiger partial charge in [0.25, 0.3) is 0 Å². The van der Waals surface area contributed by atoms with E-state index in [0.717, 1.165) is 42.6 Å². The van der Waals surface area contributed by atoms with E-state index in [9.17, 15) is 18.0 Å². The number of carbonyl (C=O) groups excluding carboxylic acids is 2. The van der Waals surface area contributed by atoms with Crippen molar-refractivity contribution in [1.82, 2.24) is 4.98 Å². The molecule has 1 saturated carbocycles. The number of benzene rings is 1. The van der Waals surface area contributed by atoms with Crippen LogP contribution in [0.25, 0.3) is 0 Å². The maximum atomic E-state index is 12.9. The van der Waals surface area contributed by atoms with Gasteiger partial charge in [-0.2, -0.15) is 0 Å². The molecule has 1 aromatic carbocycles. The molecular formula is C19H25N4O4S2+. The molecule has 8 nitrogen and oxygen atoms in total. The molecule has 0 atom stereocenters. The zero-order valence-corrected chi connectivity index (χ0v) is 17.9. The minimum absolute atomic E-state index is 0.000180. The molecule has 2 aromatic rings. The third-order valence-corrected chi connectivity index (χ3v) is 8.10. The van der Waals surface area contributed by atoms with Crippen LogP contribution in [0.1, 0.15) is 41.6 Å². The molecule has 0 saturated heterocycles. The summed E-state index contributed by atoms with van der Waals surface area (Å²) in [5.74, 6) is -0.0193. The Balaban J connectivity index is 1.73. The number of ketones is 1. The van der Waals surface area contributed by atoms with Gasteiger partial charge < -0.3 is 11.1 Å². The van der Waals surface area contributed by atoms with Crippen LogP contribution in [0, 0.1) is 12.8 Å². The van der Waals surface area contributed by atoms with Crippen molar-refractivity contribution in [3.8, 4) is 0 Å². The lowest BCUT2D eigenvalue weighted by atomic mass is 9.94. The summed E-state index contributed by atoms with van der Waals surface area (Å²) in [6, 6.07) is 4.75. The molecule has 0 bridgehead atoms. The highest BCUT2D eigenvalue weighted by atomic mass is 32.2. The van der Waals surface area contributed by atoms with Crippen molar-refractivity contribution in [2.45, 2.75) is 36.8 Å². The molecule has 1 fully saturated rings. The molecule has 0 spiro atoms. The van der Waals surface area contributed by atoms with Crippen LogP contribution in [0.5, 0.6) is 0 Å². The Kier molecular flexibility index (Phi) is 6.66. The summed E-state index contributed by atoms with van der Waals surface area (Å²) in [6.07, 6.45) is 5.08. The number of carbonyl (C=O) groups is 2. The number of aromatic nitrogens is 1. The van der Waals surface area contributed by atoms with Crippen molar-refractivity contribution in [2.24, 2.45) is 5.92 Å². The topological polar surface area (TPSA) is 133 Å². The van der Waals surface area contributed by atoms with Crippen molar-refractivity contribution in [2.75, 3.05) is 22.9 Å². The molecule has 5 N–H and O–H groups in total. The maximum absolute atomic E-state index is 12.9. The number of aryl methyl sites for hydroxylation is 1. The average molecular weight is 438 g/mol. The first-order valence-electron chi connectivity index (χ1n) is 9.51. The fourth-order valence-corrected chi connectivity index (χ4v) is 5.72. The van der Waals surface area contributed by atoms with Crippen LogP contribution in [0.2, 0.25) is 0 Å². The second kappa shape index (κ2) is 9.02. The number of amides is 2. The second-order valence-corrected chi connectivity index (χ2v) is 10.5. The Labute approximate surface area is 173 Å². The summed E-state index contributed by atoms with van der Waals surface area (Å²) in [7, 11) is -3.44. The first kappa shape index (κ1) is 21.4. The highest BCUT2D eigenvalue weighted by molar-refractivity contribution is 7.93. The first-order chi connectivity index (χ1) is 13.8. The van der Waals surface area contributed by atoms with Crippen molar-refractivity contribution in [3.05, 3.63) is 35.5 Å². The number of urea groups is 1. The Bertz CT molecular complexity index is 1010. The van der Waals surface area contributed by atoms with E-state index < -0.39 is 15.9 Å². The number of nitrogens with one attached hydrogen (secondary N) is 2. The van der Waals surface area contributed by atoms with Crippen LogP contribution in [-0.2, 0) is 9.84 Å². The molecule has 0 unspecified atom stereocenters. The molecule has 1 aliphatic carbocycles. The number of hydrogen-bond acceptors (Lipinski definition) is 6. The van der Waals surface area contributed by atoms with E-state index in [1.54, 1.807) is 12.1 Å². The van der Waals surface area contributed by atoms with Crippen LogP contribution in [0.4, 0.5) is 15.6 Å². The predicted octanol–water partition coefficient (Wildman–Crippen LogP) is 2.48. The molecule has 29 heavy (non-hydrogen) atoms. The number of Topliss-reactive ketones (excluding diaryl/α,β-unsaturated/α-hetero) is 1. The number of hydrogen-bond donors (Lipinski definition) is 3. The van der Waals surface area contributed by atoms with Gasteiger partial charge in [-0.15, -0.1) is 0 Å². The number of sulfone groups is 1. The van der Waals surface area contributed by atoms with Gasteiger partial charge in [0.2, 0.25) is 0 Å². The maximum Gasteiger partial charge on any atom is 0.325 e. The van der Waals surface area contributed by atoms with Gasteiger partial charge in [-0.05, 0) is 31.9 Å². The summed E-state index contributed by atoms with van der Waals surface area (Å²) < 4.78 is 24.2. The Hall–Kier alpha value is -2.30. The zero-order valence-electron chi connectivity index (χ0n) is 16.2. The van der Waals surface area contributed by atoms with Gasteiger partial charge in [0.05, 0.1) is 18.4 Å². The smallest absolute Gasteiger partial charge is 0.325 e. The summed E-state index contributed by atoms with van der Waals surface area (Å²) >= 11 is 0.886. The van der Waals surface area contributed by atoms with Crippen molar-refractivity contribution < 1.29 is 23.7 Å². The standard InChI is InChI=1S/C19H24N4O4S2/c1-12-6-7-15(14(10-12)17(24)13-4-2-3-5-13)22-18(25)23-19-21-11-16(28-19)29(26,27)9-8-20/h6-7,10-11,13H,2-5,8-9,20H2,1H3,(H2,21,22,23,25)/p+1. The van der Waals surface area contributed by atoms with Gasteiger partial charge >= 0.3 is 6.03 Å². The lowest BCUT2D eigenvalue weighted by Gasteiger charge is -2.14. The molecule has 1 aliphatic rings. The van der Waals surface area contributed by atoms with Crippen molar-refractivity contribution in [1.29, 1.82) is 0 Å². The molecule has 1 heterocycles. The largest absolute Gasteiger partial charge is 0.357 e. The number of thiazole rings is 1. The minimum atomic E-state index is -3.44. The molecule has 156 valence electrons. The van der Waals surface area contributed by atoms with E-state index in [0.29, 0.717) is 11.3 Å². The van der Waals surface area contributed by atoms with Crippen molar-refractivity contribution in [3.63, 3.8) is 0 Å². The number of anilines is 2.